The molecule has 0 aromatic carbocycles. The number of pyridine rings is 1. The summed E-state index contributed by atoms with van der Waals surface area (Å²) in [4.78, 5) is 11.4. The molecule has 0 saturated carbocycles. The maximum Gasteiger partial charge on any atom is 0.0378 e. The molecule has 1 fully saturated rings. The maximum absolute atomic E-state index is 4.36. The lowest BCUT2D eigenvalue weighted by Crippen LogP contribution is -2.47. The van der Waals surface area contributed by atoms with E-state index >= 15 is 0 Å². The molecule has 0 N–H and O–H groups in total. The highest BCUT2D eigenvalue weighted by atomic mass is 15.3. The zero-order valence-electron chi connectivity index (χ0n) is 13.0. The minimum Gasteiger partial charge on any atom is -0.380 e. The molecule has 0 aliphatic carbocycles. The SMILES string of the molecule is C=C(CN1CCN(Cc2ccc(C)nc2)CC1)N(C)C. The summed E-state index contributed by atoms with van der Waals surface area (Å²) >= 11 is 0. The van der Waals surface area contributed by atoms with Crippen LogP contribution in [-0.4, -0.2) is 66.5 Å². The van der Waals surface area contributed by atoms with Crippen molar-refractivity contribution in [2.24, 2.45) is 0 Å². The summed E-state index contributed by atoms with van der Waals surface area (Å²) in [6, 6.07) is 4.27. The molecule has 1 saturated heterocycles. The molecule has 2 rings (SSSR count). The fourth-order valence-electron chi connectivity index (χ4n) is 2.36. The standard InChI is InChI=1S/C16H26N4/c1-14-5-6-16(11-17-14)13-20-9-7-19(8-10-20)12-15(2)18(3)4/h5-6,11H,2,7-10,12-13H2,1,3-4H3. The molecular weight excluding hydrogens is 248 g/mol. The average molecular weight is 274 g/mol. The number of likely N-dealkylation sites (N-methyl/N-ethyl adjacent to an activating group) is 1. The van der Waals surface area contributed by atoms with Crippen LogP contribution >= 0.6 is 0 Å². The van der Waals surface area contributed by atoms with Gasteiger partial charge in [0.15, 0.2) is 0 Å². The van der Waals surface area contributed by atoms with E-state index in [2.05, 4.69) is 52.5 Å². The molecule has 0 spiro atoms. The Morgan fingerprint density at radius 3 is 2.40 bits per heavy atom. The van der Waals surface area contributed by atoms with E-state index < -0.39 is 0 Å². The summed E-state index contributed by atoms with van der Waals surface area (Å²) in [5.41, 5.74) is 3.57. The second-order valence-corrected chi connectivity index (χ2v) is 5.82. The first-order valence-electron chi connectivity index (χ1n) is 7.26. The van der Waals surface area contributed by atoms with Crippen molar-refractivity contribution >= 4 is 0 Å². The molecule has 1 aliphatic rings. The molecule has 1 aromatic heterocycles. The van der Waals surface area contributed by atoms with Gasteiger partial charge in [0.05, 0.1) is 0 Å². The third-order valence-corrected chi connectivity index (χ3v) is 3.88. The summed E-state index contributed by atoms with van der Waals surface area (Å²) in [5, 5.41) is 0. The van der Waals surface area contributed by atoms with E-state index in [0.717, 1.165) is 45.0 Å². The highest BCUT2D eigenvalue weighted by molar-refractivity contribution is 5.13. The number of rotatable bonds is 5. The quantitative estimate of drug-likeness (QED) is 0.813. The molecular formula is C16H26N4. The van der Waals surface area contributed by atoms with Gasteiger partial charge in [-0.1, -0.05) is 12.6 Å². The summed E-state index contributed by atoms with van der Waals surface area (Å²) in [5.74, 6) is 0. The van der Waals surface area contributed by atoms with E-state index in [-0.39, 0.29) is 0 Å². The van der Waals surface area contributed by atoms with Crippen LogP contribution in [0.25, 0.3) is 0 Å². The van der Waals surface area contributed by atoms with Gasteiger partial charge in [-0.05, 0) is 18.6 Å². The van der Waals surface area contributed by atoms with Crippen LogP contribution < -0.4 is 0 Å². The first-order chi connectivity index (χ1) is 9.54. The van der Waals surface area contributed by atoms with Gasteiger partial charge in [-0.3, -0.25) is 14.8 Å². The first-order valence-corrected chi connectivity index (χ1v) is 7.26. The van der Waals surface area contributed by atoms with Crippen LogP contribution in [0, 0.1) is 6.92 Å². The third-order valence-electron chi connectivity index (χ3n) is 3.88. The lowest BCUT2D eigenvalue weighted by atomic mass is 10.2. The zero-order chi connectivity index (χ0) is 14.5. The summed E-state index contributed by atoms with van der Waals surface area (Å²) in [6.07, 6.45) is 2.00. The third kappa shape index (κ3) is 4.32. The molecule has 1 aromatic rings. The molecule has 4 nitrogen and oxygen atoms in total. The number of aryl methyl sites for hydroxylation is 1. The Bertz CT molecular complexity index is 430. The van der Waals surface area contributed by atoms with Crippen molar-refractivity contribution in [1.82, 2.24) is 19.7 Å². The smallest absolute Gasteiger partial charge is 0.0378 e. The van der Waals surface area contributed by atoms with Gasteiger partial charge in [-0.15, -0.1) is 0 Å². The fraction of sp³-hybridized carbons (Fsp3) is 0.562. The minimum atomic E-state index is 0.979. The van der Waals surface area contributed by atoms with Crippen molar-refractivity contribution in [2.45, 2.75) is 13.5 Å². The van der Waals surface area contributed by atoms with Crippen LogP contribution in [-0.2, 0) is 6.54 Å². The molecule has 1 aliphatic heterocycles. The molecule has 0 atom stereocenters. The average Bonchev–Trinajstić information content (AvgIpc) is 2.43. The van der Waals surface area contributed by atoms with Crippen molar-refractivity contribution in [3.05, 3.63) is 41.9 Å². The Morgan fingerprint density at radius 2 is 1.85 bits per heavy atom. The summed E-state index contributed by atoms with van der Waals surface area (Å²) in [6.45, 7) is 12.6. The van der Waals surface area contributed by atoms with Crippen molar-refractivity contribution in [1.29, 1.82) is 0 Å². The van der Waals surface area contributed by atoms with E-state index in [1.807, 2.05) is 13.1 Å². The Balaban J connectivity index is 1.77. The van der Waals surface area contributed by atoms with Crippen LogP contribution in [0.5, 0.6) is 0 Å². The van der Waals surface area contributed by atoms with Gasteiger partial charge >= 0.3 is 0 Å². The predicted octanol–water partition coefficient (Wildman–Crippen LogP) is 1.58. The van der Waals surface area contributed by atoms with Gasteiger partial charge in [0, 0.05) is 71.0 Å². The van der Waals surface area contributed by atoms with Crippen molar-refractivity contribution in [2.75, 3.05) is 46.8 Å². The summed E-state index contributed by atoms with van der Waals surface area (Å²) in [7, 11) is 4.12. The zero-order valence-corrected chi connectivity index (χ0v) is 13.0. The Hall–Kier alpha value is -1.39. The Kier molecular flexibility index (Phi) is 5.15. The highest BCUT2D eigenvalue weighted by Crippen LogP contribution is 2.09. The maximum atomic E-state index is 4.36. The largest absolute Gasteiger partial charge is 0.380 e. The minimum absolute atomic E-state index is 0.979. The predicted molar refractivity (Wildman–Crippen MR) is 83.5 cm³/mol. The number of nitrogens with zero attached hydrogens (tertiary/aromatic N) is 4. The highest BCUT2D eigenvalue weighted by Gasteiger charge is 2.17. The molecule has 0 radical (unpaired) electrons. The van der Waals surface area contributed by atoms with Crippen molar-refractivity contribution in [3.63, 3.8) is 0 Å². The van der Waals surface area contributed by atoms with Crippen molar-refractivity contribution in [3.8, 4) is 0 Å². The number of piperazine rings is 1. The number of hydrogen-bond donors (Lipinski definition) is 0. The van der Waals surface area contributed by atoms with Crippen LogP contribution in [0.3, 0.4) is 0 Å². The Morgan fingerprint density at radius 1 is 1.20 bits per heavy atom. The van der Waals surface area contributed by atoms with Gasteiger partial charge < -0.3 is 4.90 Å². The van der Waals surface area contributed by atoms with Crippen LogP contribution in [0.4, 0.5) is 0 Å². The molecule has 0 unspecified atom stereocenters. The van der Waals surface area contributed by atoms with E-state index in [4.69, 9.17) is 0 Å². The molecule has 110 valence electrons. The fourth-order valence-corrected chi connectivity index (χ4v) is 2.36. The lowest BCUT2D eigenvalue weighted by Gasteiger charge is -2.35. The topological polar surface area (TPSA) is 22.6 Å². The molecule has 4 heteroatoms. The lowest BCUT2D eigenvalue weighted by molar-refractivity contribution is 0.130. The van der Waals surface area contributed by atoms with Gasteiger partial charge in [0.2, 0.25) is 0 Å². The molecule has 2 heterocycles. The molecule has 0 amide bonds. The van der Waals surface area contributed by atoms with Gasteiger partial charge in [0.1, 0.15) is 0 Å². The van der Waals surface area contributed by atoms with Crippen LogP contribution in [0.2, 0.25) is 0 Å². The van der Waals surface area contributed by atoms with Crippen molar-refractivity contribution < 1.29 is 0 Å². The second kappa shape index (κ2) is 6.86. The van der Waals surface area contributed by atoms with E-state index in [9.17, 15) is 0 Å². The van der Waals surface area contributed by atoms with E-state index in [1.54, 1.807) is 0 Å². The second-order valence-electron chi connectivity index (χ2n) is 5.82. The molecule has 20 heavy (non-hydrogen) atoms. The van der Waals surface area contributed by atoms with Gasteiger partial charge in [-0.2, -0.15) is 0 Å². The molecule has 0 bridgehead atoms. The monoisotopic (exact) mass is 274 g/mol. The van der Waals surface area contributed by atoms with Gasteiger partial charge in [-0.25, -0.2) is 0 Å². The summed E-state index contributed by atoms with van der Waals surface area (Å²) < 4.78 is 0. The normalized spacial score (nSPS) is 17.1. The Labute approximate surface area is 122 Å². The number of hydrogen-bond acceptors (Lipinski definition) is 4. The first kappa shape index (κ1) is 15.0. The van der Waals surface area contributed by atoms with E-state index in [1.165, 1.54) is 11.3 Å². The number of aromatic nitrogens is 1. The van der Waals surface area contributed by atoms with Crippen LogP contribution in [0.15, 0.2) is 30.6 Å². The van der Waals surface area contributed by atoms with Crippen LogP contribution in [0.1, 0.15) is 11.3 Å². The van der Waals surface area contributed by atoms with E-state index in [0.29, 0.717) is 0 Å². The van der Waals surface area contributed by atoms with Gasteiger partial charge in [0.25, 0.3) is 0 Å².